The summed E-state index contributed by atoms with van der Waals surface area (Å²) in [6, 6.07) is -0.0278. The standard InChI is InChI=1S/C7H13N2O/c1-2-8-7(10)9-5-3-4-6-9/h2-6H2,1H3. The third kappa shape index (κ3) is 1.62. The molecule has 0 aromatic rings. The molecule has 0 bridgehead atoms. The highest BCUT2D eigenvalue weighted by molar-refractivity contribution is 5.73. The maximum atomic E-state index is 11.0. The molecule has 3 heteroatoms. The highest BCUT2D eigenvalue weighted by atomic mass is 16.2. The van der Waals surface area contributed by atoms with Gasteiger partial charge in [-0.05, 0) is 19.8 Å². The average molecular weight is 141 g/mol. The van der Waals surface area contributed by atoms with Crippen molar-refractivity contribution in [2.24, 2.45) is 0 Å². The molecule has 57 valence electrons. The van der Waals surface area contributed by atoms with E-state index in [2.05, 4.69) is 5.32 Å². The van der Waals surface area contributed by atoms with Crippen molar-refractivity contribution in [1.29, 1.82) is 0 Å². The Hall–Kier alpha value is -0.730. The maximum Gasteiger partial charge on any atom is 0.338 e. The summed E-state index contributed by atoms with van der Waals surface area (Å²) in [5.41, 5.74) is 0. The second-order valence-corrected chi connectivity index (χ2v) is 2.45. The second-order valence-electron chi connectivity index (χ2n) is 2.45. The van der Waals surface area contributed by atoms with Crippen LogP contribution in [0.1, 0.15) is 19.8 Å². The van der Waals surface area contributed by atoms with Gasteiger partial charge in [-0.3, -0.25) is 0 Å². The molecule has 1 aliphatic rings. The van der Waals surface area contributed by atoms with Crippen molar-refractivity contribution in [2.75, 3.05) is 19.6 Å². The average Bonchev–Trinajstić information content (AvgIpc) is 2.38. The molecule has 0 saturated carbocycles. The molecular weight excluding hydrogens is 128 g/mol. The molecule has 0 aliphatic carbocycles. The van der Waals surface area contributed by atoms with E-state index in [9.17, 15) is 4.79 Å². The molecule has 1 fully saturated rings. The molecule has 10 heavy (non-hydrogen) atoms. The van der Waals surface area contributed by atoms with Gasteiger partial charge in [-0.15, -0.1) is 0 Å². The van der Waals surface area contributed by atoms with E-state index in [1.54, 1.807) is 0 Å². The summed E-state index contributed by atoms with van der Waals surface area (Å²) in [5, 5.41) is 3.79. The fourth-order valence-electron chi connectivity index (χ4n) is 1.14. The molecule has 0 N–H and O–H groups in total. The molecule has 1 heterocycles. The van der Waals surface area contributed by atoms with Crippen LogP contribution in [0.4, 0.5) is 4.79 Å². The van der Waals surface area contributed by atoms with Crippen molar-refractivity contribution in [3.8, 4) is 0 Å². The van der Waals surface area contributed by atoms with E-state index >= 15 is 0 Å². The van der Waals surface area contributed by atoms with Crippen LogP contribution < -0.4 is 5.32 Å². The minimum atomic E-state index is -0.0278. The Bertz CT molecular complexity index is 119. The van der Waals surface area contributed by atoms with Crippen molar-refractivity contribution in [3.63, 3.8) is 0 Å². The van der Waals surface area contributed by atoms with Gasteiger partial charge in [-0.25, -0.2) is 10.1 Å². The molecule has 0 aromatic carbocycles. The summed E-state index contributed by atoms with van der Waals surface area (Å²) in [5.74, 6) is 0. The van der Waals surface area contributed by atoms with E-state index in [0.29, 0.717) is 6.54 Å². The smallest absolute Gasteiger partial charge is 0.323 e. The van der Waals surface area contributed by atoms with Gasteiger partial charge in [0.2, 0.25) is 0 Å². The highest BCUT2D eigenvalue weighted by Crippen LogP contribution is 2.06. The van der Waals surface area contributed by atoms with E-state index in [0.717, 1.165) is 25.9 Å². The van der Waals surface area contributed by atoms with Gasteiger partial charge in [0.15, 0.2) is 0 Å². The molecule has 3 nitrogen and oxygen atoms in total. The Morgan fingerprint density at radius 3 is 2.60 bits per heavy atom. The molecule has 1 radical (unpaired) electrons. The minimum Gasteiger partial charge on any atom is -0.323 e. The largest absolute Gasteiger partial charge is 0.338 e. The van der Waals surface area contributed by atoms with Gasteiger partial charge in [0.05, 0.1) is 0 Å². The number of carbonyl (C=O) groups excluding carboxylic acids is 1. The normalized spacial score (nSPS) is 17.5. The number of rotatable bonds is 1. The van der Waals surface area contributed by atoms with Crippen LogP contribution in [0.25, 0.3) is 0 Å². The van der Waals surface area contributed by atoms with Crippen LogP contribution in [0.15, 0.2) is 0 Å². The van der Waals surface area contributed by atoms with Gasteiger partial charge in [0, 0.05) is 19.6 Å². The Morgan fingerprint density at radius 1 is 1.50 bits per heavy atom. The van der Waals surface area contributed by atoms with Crippen molar-refractivity contribution in [3.05, 3.63) is 0 Å². The van der Waals surface area contributed by atoms with Gasteiger partial charge in [0.1, 0.15) is 0 Å². The van der Waals surface area contributed by atoms with Crippen LogP contribution in [0.2, 0.25) is 0 Å². The topological polar surface area (TPSA) is 34.4 Å². The molecular formula is C7H13N2O. The fourth-order valence-corrected chi connectivity index (χ4v) is 1.14. The molecule has 0 unspecified atom stereocenters. The van der Waals surface area contributed by atoms with Crippen LogP contribution in [0, 0.1) is 0 Å². The summed E-state index contributed by atoms with van der Waals surface area (Å²) in [4.78, 5) is 12.8. The highest BCUT2D eigenvalue weighted by Gasteiger charge is 2.17. The first-order valence-corrected chi connectivity index (χ1v) is 3.81. The van der Waals surface area contributed by atoms with E-state index in [1.807, 2.05) is 11.8 Å². The van der Waals surface area contributed by atoms with Gasteiger partial charge < -0.3 is 4.90 Å². The second kappa shape index (κ2) is 3.44. The zero-order valence-electron chi connectivity index (χ0n) is 6.34. The first kappa shape index (κ1) is 7.38. The number of urea groups is 1. The van der Waals surface area contributed by atoms with Crippen molar-refractivity contribution >= 4 is 6.03 Å². The van der Waals surface area contributed by atoms with Crippen LogP contribution >= 0.6 is 0 Å². The first-order valence-electron chi connectivity index (χ1n) is 3.81. The van der Waals surface area contributed by atoms with Crippen LogP contribution in [-0.2, 0) is 0 Å². The molecule has 1 saturated heterocycles. The van der Waals surface area contributed by atoms with Gasteiger partial charge in [-0.2, -0.15) is 0 Å². The Labute approximate surface area is 61.4 Å². The van der Waals surface area contributed by atoms with Gasteiger partial charge in [0.25, 0.3) is 0 Å². The van der Waals surface area contributed by atoms with E-state index < -0.39 is 0 Å². The number of hydrogen-bond acceptors (Lipinski definition) is 1. The summed E-state index contributed by atoms with van der Waals surface area (Å²) in [7, 11) is 0. The summed E-state index contributed by atoms with van der Waals surface area (Å²) in [6.07, 6.45) is 2.29. The number of amides is 2. The number of likely N-dealkylation sites (tertiary alicyclic amines) is 1. The van der Waals surface area contributed by atoms with Gasteiger partial charge >= 0.3 is 6.03 Å². The third-order valence-corrected chi connectivity index (χ3v) is 1.67. The maximum absolute atomic E-state index is 11.0. The van der Waals surface area contributed by atoms with E-state index in [4.69, 9.17) is 0 Å². The molecule has 0 aromatic heterocycles. The molecule has 1 rings (SSSR count). The zero-order valence-corrected chi connectivity index (χ0v) is 6.34. The molecule has 0 atom stereocenters. The zero-order chi connectivity index (χ0) is 7.40. The van der Waals surface area contributed by atoms with E-state index in [-0.39, 0.29) is 6.03 Å². The molecule has 2 amide bonds. The van der Waals surface area contributed by atoms with Crippen molar-refractivity contribution in [2.45, 2.75) is 19.8 Å². The predicted molar refractivity (Wildman–Crippen MR) is 38.9 cm³/mol. The van der Waals surface area contributed by atoms with Gasteiger partial charge in [-0.1, -0.05) is 0 Å². The SMILES string of the molecule is CC[N]C(=O)N1CCCC1. The monoisotopic (exact) mass is 141 g/mol. The lowest BCUT2D eigenvalue weighted by Gasteiger charge is -2.12. The van der Waals surface area contributed by atoms with E-state index in [1.165, 1.54) is 0 Å². The number of hydrogen-bond donors (Lipinski definition) is 0. The van der Waals surface area contributed by atoms with Crippen LogP contribution in [0.5, 0.6) is 0 Å². The predicted octanol–water partition coefficient (Wildman–Crippen LogP) is 0.827. The Morgan fingerprint density at radius 2 is 2.10 bits per heavy atom. The lowest BCUT2D eigenvalue weighted by molar-refractivity contribution is 0.208. The van der Waals surface area contributed by atoms with Crippen LogP contribution in [0.3, 0.4) is 0 Å². The number of carbonyl (C=O) groups is 1. The molecule has 0 spiro atoms. The first-order chi connectivity index (χ1) is 4.84. The summed E-state index contributed by atoms with van der Waals surface area (Å²) >= 11 is 0. The Kier molecular flexibility index (Phi) is 2.54. The lowest BCUT2D eigenvalue weighted by atomic mass is 10.4. The fraction of sp³-hybridized carbons (Fsp3) is 0.857. The van der Waals surface area contributed by atoms with Crippen molar-refractivity contribution in [1.82, 2.24) is 10.2 Å². The minimum absolute atomic E-state index is 0.0278. The summed E-state index contributed by atoms with van der Waals surface area (Å²) < 4.78 is 0. The number of nitrogens with zero attached hydrogens (tertiary/aromatic N) is 2. The lowest BCUT2D eigenvalue weighted by Crippen LogP contribution is -2.33. The third-order valence-electron chi connectivity index (χ3n) is 1.67. The molecule has 1 aliphatic heterocycles. The quantitative estimate of drug-likeness (QED) is 0.532. The van der Waals surface area contributed by atoms with Crippen LogP contribution in [-0.4, -0.2) is 30.6 Å². The summed E-state index contributed by atoms with van der Waals surface area (Å²) in [6.45, 7) is 4.30. The Balaban J connectivity index is 2.25. The van der Waals surface area contributed by atoms with Crippen molar-refractivity contribution < 1.29 is 4.79 Å².